The van der Waals surface area contributed by atoms with Crippen molar-refractivity contribution in [2.45, 2.75) is 25.6 Å². The van der Waals surface area contributed by atoms with E-state index in [-0.39, 0.29) is 11.4 Å². The number of nitro groups is 1. The fourth-order valence-electron chi connectivity index (χ4n) is 3.12. The lowest BCUT2D eigenvalue weighted by Crippen LogP contribution is -2.45. The maximum Gasteiger partial charge on any atom is 0.274 e. The Labute approximate surface area is 142 Å². The van der Waals surface area contributed by atoms with Crippen molar-refractivity contribution in [3.8, 4) is 0 Å². The maximum absolute atomic E-state index is 13.1. The van der Waals surface area contributed by atoms with E-state index in [0.717, 1.165) is 5.06 Å². The molecule has 1 aliphatic heterocycles. The van der Waals surface area contributed by atoms with E-state index >= 15 is 0 Å². The van der Waals surface area contributed by atoms with E-state index in [9.17, 15) is 24.9 Å². The number of nitro benzene ring substituents is 1. The molecule has 3 rings (SSSR count). The van der Waals surface area contributed by atoms with Crippen LogP contribution in [-0.2, 0) is 5.66 Å². The summed E-state index contributed by atoms with van der Waals surface area (Å²) in [5.74, 6) is -0.425. The first-order chi connectivity index (χ1) is 11.8. The third kappa shape index (κ3) is 2.55. The van der Waals surface area contributed by atoms with Crippen LogP contribution in [0.25, 0.3) is 0 Å². The summed E-state index contributed by atoms with van der Waals surface area (Å²) in [4.78, 5) is 10.3. The van der Waals surface area contributed by atoms with Crippen molar-refractivity contribution in [2.24, 2.45) is 0 Å². The minimum absolute atomic E-state index is 0.108. The third-order valence-corrected chi connectivity index (χ3v) is 4.59. The number of non-ortho nitro benzene ring substituents is 1. The van der Waals surface area contributed by atoms with Crippen molar-refractivity contribution < 1.29 is 19.3 Å². The van der Waals surface area contributed by atoms with Gasteiger partial charge in [-0.1, -0.05) is 0 Å². The molecular formula is C17H16FN3O4. The Balaban J connectivity index is 2.11. The number of benzene rings is 2. The molecule has 130 valence electrons. The number of hydrogen-bond acceptors (Lipinski definition) is 5. The van der Waals surface area contributed by atoms with Crippen LogP contribution in [0.3, 0.4) is 0 Å². The smallest absolute Gasteiger partial charge is 0.274 e. The van der Waals surface area contributed by atoms with Gasteiger partial charge in [0, 0.05) is 30.2 Å². The molecule has 1 aliphatic rings. The van der Waals surface area contributed by atoms with E-state index in [2.05, 4.69) is 0 Å². The summed E-state index contributed by atoms with van der Waals surface area (Å²) in [5.41, 5.74) is -0.391. The van der Waals surface area contributed by atoms with Gasteiger partial charge < -0.3 is 10.4 Å². The summed E-state index contributed by atoms with van der Waals surface area (Å²) in [6.45, 7) is 3.18. The monoisotopic (exact) mass is 345 g/mol. The normalized spacial score (nSPS) is 23.9. The van der Waals surface area contributed by atoms with Crippen molar-refractivity contribution in [1.82, 2.24) is 5.06 Å². The van der Waals surface area contributed by atoms with Crippen molar-refractivity contribution in [2.75, 3.05) is 0 Å². The highest BCUT2D eigenvalue weighted by Crippen LogP contribution is 2.36. The zero-order chi connectivity index (χ0) is 18.4. The molecule has 1 heterocycles. The van der Waals surface area contributed by atoms with Gasteiger partial charge in [-0.3, -0.25) is 10.1 Å². The van der Waals surface area contributed by atoms with Crippen LogP contribution < -0.4 is 0 Å². The Bertz CT molecular complexity index is 851. The van der Waals surface area contributed by atoms with Crippen LogP contribution in [0.1, 0.15) is 25.0 Å². The van der Waals surface area contributed by atoms with Gasteiger partial charge in [0.1, 0.15) is 11.9 Å². The predicted molar refractivity (Wildman–Crippen MR) is 87.7 cm³/mol. The van der Waals surface area contributed by atoms with Crippen LogP contribution in [0.15, 0.2) is 48.5 Å². The molecule has 0 radical (unpaired) electrons. The number of nitrogens with zero attached hydrogens (tertiary/aromatic N) is 3. The maximum atomic E-state index is 13.1. The molecule has 1 N–H and O–H groups in total. The molecule has 0 saturated carbocycles. The lowest BCUT2D eigenvalue weighted by atomic mass is 10.0. The minimum Gasteiger partial charge on any atom is -0.622 e. The van der Waals surface area contributed by atoms with Gasteiger partial charge in [-0.25, -0.2) is 4.39 Å². The number of halogens is 1. The average molecular weight is 345 g/mol. The Kier molecular flexibility index (Phi) is 4.02. The summed E-state index contributed by atoms with van der Waals surface area (Å²) in [6.07, 6.45) is 0. The largest absolute Gasteiger partial charge is 0.622 e. The zero-order valence-electron chi connectivity index (χ0n) is 13.6. The second kappa shape index (κ2) is 5.91. The minimum atomic E-state index is -1.46. The summed E-state index contributed by atoms with van der Waals surface area (Å²) in [7, 11) is 0. The zero-order valence-corrected chi connectivity index (χ0v) is 13.6. The van der Waals surface area contributed by atoms with E-state index in [1.807, 2.05) is 0 Å². The Morgan fingerprint density at radius 1 is 1.20 bits per heavy atom. The molecule has 25 heavy (non-hydrogen) atoms. The van der Waals surface area contributed by atoms with E-state index in [0.29, 0.717) is 15.9 Å². The van der Waals surface area contributed by atoms with Gasteiger partial charge in [0.05, 0.1) is 4.92 Å². The Hall–Kier alpha value is -2.84. The molecule has 0 bridgehead atoms. The molecule has 0 aliphatic carbocycles. The van der Waals surface area contributed by atoms with Crippen LogP contribution >= 0.6 is 0 Å². The van der Waals surface area contributed by atoms with Crippen LogP contribution in [-0.4, -0.2) is 31.7 Å². The van der Waals surface area contributed by atoms with Gasteiger partial charge in [-0.2, -0.15) is 4.74 Å². The van der Waals surface area contributed by atoms with Gasteiger partial charge in [0.2, 0.25) is 5.71 Å². The lowest BCUT2D eigenvalue weighted by molar-refractivity contribution is -0.595. The molecule has 2 atom stereocenters. The summed E-state index contributed by atoms with van der Waals surface area (Å²) >= 11 is 0. The molecular weight excluding hydrogens is 329 g/mol. The Morgan fingerprint density at radius 2 is 1.76 bits per heavy atom. The van der Waals surface area contributed by atoms with Crippen LogP contribution in [0.4, 0.5) is 10.1 Å². The highest BCUT2D eigenvalue weighted by atomic mass is 19.1. The van der Waals surface area contributed by atoms with Gasteiger partial charge in [0.25, 0.3) is 11.4 Å². The third-order valence-electron chi connectivity index (χ3n) is 4.59. The molecule has 0 saturated heterocycles. The summed E-state index contributed by atoms with van der Waals surface area (Å²) in [6, 6.07) is 10.2. The second-order valence-corrected chi connectivity index (χ2v) is 6.03. The fraction of sp³-hybridized carbons (Fsp3) is 0.235. The molecule has 8 heteroatoms. The van der Waals surface area contributed by atoms with Gasteiger partial charge in [-0.05, 0) is 43.3 Å². The lowest BCUT2D eigenvalue weighted by Gasteiger charge is -2.29. The van der Waals surface area contributed by atoms with Crippen molar-refractivity contribution in [3.63, 3.8) is 0 Å². The van der Waals surface area contributed by atoms with Crippen LogP contribution in [0, 0.1) is 21.1 Å². The van der Waals surface area contributed by atoms with Crippen molar-refractivity contribution in [1.29, 1.82) is 0 Å². The fourth-order valence-corrected chi connectivity index (χ4v) is 3.12. The number of hydrogen-bond donors (Lipinski definition) is 1. The van der Waals surface area contributed by atoms with Gasteiger partial charge >= 0.3 is 0 Å². The SMILES string of the molecule is C[C@@H]1C(c2ccc(F)cc2)=[N+]([O-])[C@@](C)(c2ccc([N+](=O)[O-])cc2)N1O. The Morgan fingerprint density at radius 3 is 2.28 bits per heavy atom. The molecule has 0 unspecified atom stereocenters. The van der Waals surface area contributed by atoms with Crippen LogP contribution in [0.2, 0.25) is 0 Å². The van der Waals surface area contributed by atoms with E-state index in [1.165, 1.54) is 55.5 Å². The molecule has 0 aromatic heterocycles. The standard InChI is InChI=1S/C17H16FN3O4/c1-11-16(12-3-7-14(18)8-4-12)20(23)17(2,19(11)22)13-5-9-15(10-6-13)21(24)25/h3-11,22H,1-2H3/t11-,17+/m1/s1. The van der Waals surface area contributed by atoms with Crippen molar-refractivity contribution >= 4 is 11.4 Å². The first kappa shape index (κ1) is 17.0. The van der Waals surface area contributed by atoms with Crippen LogP contribution in [0.5, 0.6) is 0 Å². The molecule has 2 aromatic rings. The van der Waals surface area contributed by atoms with E-state index in [1.54, 1.807) is 6.92 Å². The summed E-state index contributed by atoms with van der Waals surface area (Å²) in [5, 5.41) is 35.3. The predicted octanol–water partition coefficient (Wildman–Crippen LogP) is 3.00. The molecule has 7 nitrogen and oxygen atoms in total. The average Bonchev–Trinajstić information content (AvgIpc) is 2.78. The molecule has 0 fully saturated rings. The van der Waals surface area contributed by atoms with E-state index in [4.69, 9.17) is 0 Å². The molecule has 0 amide bonds. The van der Waals surface area contributed by atoms with Gasteiger partial charge in [0.15, 0.2) is 0 Å². The highest BCUT2D eigenvalue weighted by Gasteiger charge is 2.54. The van der Waals surface area contributed by atoms with Gasteiger partial charge in [-0.15, -0.1) is 5.06 Å². The van der Waals surface area contributed by atoms with Crippen molar-refractivity contribution in [3.05, 3.63) is 80.8 Å². The quantitative estimate of drug-likeness (QED) is 0.399. The molecule has 2 aromatic carbocycles. The second-order valence-electron chi connectivity index (χ2n) is 6.03. The van der Waals surface area contributed by atoms with E-state index < -0.39 is 22.4 Å². The number of hydroxylamine groups is 3. The number of rotatable bonds is 3. The topological polar surface area (TPSA) is 92.7 Å². The summed E-state index contributed by atoms with van der Waals surface area (Å²) < 4.78 is 13.8. The first-order valence-electron chi connectivity index (χ1n) is 7.60. The highest BCUT2D eigenvalue weighted by molar-refractivity contribution is 6.01. The first-order valence-corrected chi connectivity index (χ1v) is 7.60. The molecule has 0 spiro atoms.